The number of anilines is 2. The number of amides is 2. The molecule has 3 aromatic rings. The van der Waals surface area contributed by atoms with Crippen LogP contribution in [0.25, 0.3) is 0 Å². The van der Waals surface area contributed by atoms with Gasteiger partial charge in [0.05, 0.1) is 16.3 Å². The van der Waals surface area contributed by atoms with Crippen LogP contribution in [0.15, 0.2) is 47.8 Å². The van der Waals surface area contributed by atoms with E-state index in [1.54, 1.807) is 41.8 Å². The molecule has 0 unspecified atom stereocenters. The van der Waals surface area contributed by atoms with E-state index in [1.807, 2.05) is 4.90 Å². The molecule has 0 aliphatic carbocycles. The second kappa shape index (κ2) is 10.2. The van der Waals surface area contributed by atoms with Crippen molar-refractivity contribution in [2.45, 2.75) is 25.7 Å². The molecule has 1 fully saturated rings. The fourth-order valence-electron chi connectivity index (χ4n) is 3.59. The Morgan fingerprint density at radius 2 is 1.56 bits per heavy atom. The van der Waals surface area contributed by atoms with Crippen molar-refractivity contribution in [2.24, 2.45) is 0 Å². The summed E-state index contributed by atoms with van der Waals surface area (Å²) in [6.45, 7) is 1.46. The van der Waals surface area contributed by atoms with Gasteiger partial charge in [-0.15, -0.1) is 11.3 Å². The lowest BCUT2D eigenvalue weighted by atomic mass is 10.2. The molecular formula is C23H20Cl3N3O2S. The number of nitrogens with zero attached hydrogens (tertiary/aromatic N) is 3. The molecular weight excluding hydrogens is 489 g/mol. The van der Waals surface area contributed by atoms with Crippen molar-refractivity contribution in [2.75, 3.05) is 18.0 Å². The Bertz CT molecular complexity index is 1130. The predicted molar refractivity (Wildman–Crippen MR) is 131 cm³/mol. The molecule has 0 atom stereocenters. The Kier molecular flexibility index (Phi) is 7.36. The highest BCUT2D eigenvalue weighted by atomic mass is 35.5. The van der Waals surface area contributed by atoms with Crippen molar-refractivity contribution < 1.29 is 9.59 Å². The number of carbonyl (C=O) groups excluding carboxylic acids is 2. The summed E-state index contributed by atoms with van der Waals surface area (Å²) in [6, 6.07) is 11.5. The molecule has 5 nitrogen and oxygen atoms in total. The van der Waals surface area contributed by atoms with Crippen molar-refractivity contribution in [1.82, 2.24) is 9.88 Å². The second-order valence-electron chi connectivity index (χ2n) is 7.46. The van der Waals surface area contributed by atoms with E-state index in [9.17, 15) is 9.59 Å². The highest BCUT2D eigenvalue weighted by molar-refractivity contribution is 7.14. The fourth-order valence-corrected chi connectivity index (χ4v) is 5.02. The normalized spacial score (nSPS) is 14.2. The monoisotopic (exact) mass is 507 g/mol. The molecule has 1 aliphatic heterocycles. The maximum atomic E-state index is 13.5. The van der Waals surface area contributed by atoms with Gasteiger partial charge in [-0.05, 0) is 55.3 Å². The third kappa shape index (κ3) is 5.09. The minimum absolute atomic E-state index is 0.109. The van der Waals surface area contributed by atoms with Crippen molar-refractivity contribution in [3.05, 3.63) is 74.2 Å². The van der Waals surface area contributed by atoms with Crippen LogP contribution in [0, 0.1) is 0 Å². The topological polar surface area (TPSA) is 53.5 Å². The van der Waals surface area contributed by atoms with E-state index in [0.717, 1.165) is 38.8 Å². The molecule has 0 spiro atoms. The number of rotatable bonds is 4. The third-order valence-electron chi connectivity index (χ3n) is 5.25. The summed E-state index contributed by atoms with van der Waals surface area (Å²) >= 11 is 19.6. The van der Waals surface area contributed by atoms with Crippen LogP contribution in [0.2, 0.25) is 15.1 Å². The average molecular weight is 509 g/mol. The number of hydrogen-bond donors (Lipinski definition) is 0. The Labute approximate surface area is 205 Å². The minimum Gasteiger partial charge on any atom is -0.337 e. The van der Waals surface area contributed by atoms with Crippen LogP contribution in [0.4, 0.5) is 10.8 Å². The van der Waals surface area contributed by atoms with Gasteiger partial charge in [0.1, 0.15) is 5.69 Å². The van der Waals surface area contributed by atoms with Crippen molar-refractivity contribution >= 4 is 68.8 Å². The molecule has 0 saturated carbocycles. The van der Waals surface area contributed by atoms with Gasteiger partial charge in [0.15, 0.2) is 5.13 Å². The van der Waals surface area contributed by atoms with Gasteiger partial charge >= 0.3 is 0 Å². The lowest BCUT2D eigenvalue weighted by Gasteiger charge is -2.21. The number of halogens is 3. The first-order valence-electron chi connectivity index (χ1n) is 10.2. The Hall–Kier alpha value is -2.12. The Morgan fingerprint density at radius 1 is 0.906 bits per heavy atom. The summed E-state index contributed by atoms with van der Waals surface area (Å²) in [4.78, 5) is 34.4. The van der Waals surface area contributed by atoms with E-state index in [2.05, 4.69) is 4.98 Å². The van der Waals surface area contributed by atoms with Gasteiger partial charge in [-0.2, -0.15) is 0 Å². The predicted octanol–water partition coefficient (Wildman–Crippen LogP) is 7.10. The van der Waals surface area contributed by atoms with Crippen LogP contribution in [-0.4, -0.2) is 34.8 Å². The minimum atomic E-state index is -0.378. The lowest BCUT2D eigenvalue weighted by Crippen LogP contribution is -2.32. The highest BCUT2D eigenvalue weighted by Crippen LogP contribution is 2.33. The number of likely N-dealkylation sites (tertiary alicyclic amines) is 1. The molecule has 166 valence electrons. The van der Waals surface area contributed by atoms with E-state index in [0.29, 0.717) is 26.6 Å². The second-order valence-corrected chi connectivity index (χ2v) is 9.58. The highest BCUT2D eigenvalue weighted by Gasteiger charge is 2.27. The van der Waals surface area contributed by atoms with E-state index < -0.39 is 0 Å². The SMILES string of the molecule is O=C(c1csc(N(C(=O)c2ccc(Cl)cc2Cl)c2ccc(Cl)cc2)n1)N1CCCCCC1. The molecule has 1 saturated heterocycles. The largest absolute Gasteiger partial charge is 0.337 e. The Balaban J connectivity index is 1.70. The first-order chi connectivity index (χ1) is 15.4. The number of benzene rings is 2. The number of thiazole rings is 1. The van der Waals surface area contributed by atoms with Gasteiger partial charge in [0, 0.05) is 28.5 Å². The van der Waals surface area contributed by atoms with Crippen LogP contribution in [-0.2, 0) is 0 Å². The fraction of sp³-hybridized carbons (Fsp3) is 0.261. The molecule has 2 amide bonds. The summed E-state index contributed by atoms with van der Waals surface area (Å²) in [5.74, 6) is -0.487. The van der Waals surface area contributed by atoms with Crippen LogP contribution in [0.1, 0.15) is 46.5 Å². The van der Waals surface area contributed by atoms with E-state index in [4.69, 9.17) is 34.8 Å². The van der Waals surface area contributed by atoms with Crippen molar-refractivity contribution in [3.8, 4) is 0 Å². The molecule has 9 heteroatoms. The number of carbonyl (C=O) groups is 2. The van der Waals surface area contributed by atoms with E-state index in [1.165, 1.54) is 22.3 Å². The van der Waals surface area contributed by atoms with Crippen LogP contribution >= 0.6 is 46.1 Å². The molecule has 0 radical (unpaired) electrons. The molecule has 1 aromatic heterocycles. The summed E-state index contributed by atoms with van der Waals surface area (Å²) in [5, 5.41) is 3.29. The lowest BCUT2D eigenvalue weighted by molar-refractivity contribution is 0.0756. The Morgan fingerprint density at radius 3 is 2.22 bits per heavy atom. The zero-order valence-corrected chi connectivity index (χ0v) is 20.1. The summed E-state index contributed by atoms with van der Waals surface area (Å²) in [5.41, 5.74) is 1.18. The van der Waals surface area contributed by atoms with Crippen LogP contribution < -0.4 is 4.90 Å². The van der Waals surface area contributed by atoms with Crippen molar-refractivity contribution in [3.63, 3.8) is 0 Å². The third-order valence-corrected chi connectivity index (χ3v) is 6.87. The molecule has 0 bridgehead atoms. The maximum Gasteiger partial charge on any atom is 0.273 e. The van der Waals surface area contributed by atoms with E-state index in [-0.39, 0.29) is 22.4 Å². The number of hydrogen-bond acceptors (Lipinski definition) is 4. The molecule has 2 aromatic carbocycles. The van der Waals surface area contributed by atoms with E-state index >= 15 is 0 Å². The number of aromatic nitrogens is 1. The van der Waals surface area contributed by atoms with Gasteiger partial charge in [-0.25, -0.2) is 4.98 Å². The molecule has 2 heterocycles. The molecule has 4 rings (SSSR count). The van der Waals surface area contributed by atoms with Gasteiger partial charge in [0.2, 0.25) is 0 Å². The van der Waals surface area contributed by atoms with Gasteiger partial charge in [0.25, 0.3) is 11.8 Å². The average Bonchev–Trinajstić information content (AvgIpc) is 3.08. The first-order valence-corrected chi connectivity index (χ1v) is 12.3. The van der Waals surface area contributed by atoms with Crippen molar-refractivity contribution in [1.29, 1.82) is 0 Å². The smallest absolute Gasteiger partial charge is 0.273 e. The van der Waals surface area contributed by atoms with Gasteiger partial charge < -0.3 is 4.90 Å². The quantitative estimate of drug-likeness (QED) is 0.378. The maximum absolute atomic E-state index is 13.5. The molecule has 32 heavy (non-hydrogen) atoms. The summed E-state index contributed by atoms with van der Waals surface area (Å²) in [7, 11) is 0. The summed E-state index contributed by atoms with van der Waals surface area (Å²) in [6.07, 6.45) is 4.25. The van der Waals surface area contributed by atoms with Gasteiger partial charge in [-0.1, -0.05) is 47.6 Å². The van der Waals surface area contributed by atoms with Crippen LogP contribution in [0.5, 0.6) is 0 Å². The molecule has 1 aliphatic rings. The molecule has 0 N–H and O–H groups in total. The first kappa shape index (κ1) is 23.1. The standard InChI is InChI=1S/C23H20Cl3N3O2S/c24-15-5-8-17(9-6-15)29(21(30)18-10-7-16(25)13-19(18)26)23-27-20(14-32-23)22(31)28-11-3-1-2-4-12-28/h5-10,13-14H,1-4,11-12H2. The zero-order chi connectivity index (χ0) is 22.7. The van der Waals surface area contributed by atoms with Gasteiger partial charge in [-0.3, -0.25) is 14.5 Å². The van der Waals surface area contributed by atoms with Crippen LogP contribution in [0.3, 0.4) is 0 Å². The summed E-state index contributed by atoms with van der Waals surface area (Å²) < 4.78 is 0. The zero-order valence-electron chi connectivity index (χ0n) is 17.1.